The summed E-state index contributed by atoms with van der Waals surface area (Å²) in [5.41, 5.74) is 6.66. The van der Waals surface area contributed by atoms with E-state index >= 15 is 0 Å². The SMILES string of the molecule is COc1cccc(Cc2noc(CC(C)(C)N)n2)c1. The van der Waals surface area contributed by atoms with Gasteiger partial charge < -0.3 is 15.0 Å². The van der Waals surface area contributed by atoms with E-state index in [9.17, 15) is 0 Å². The number of nitrogens with two attached hydrogens (primary N) is 1. The topological polar surface area (TPSA) is 74.2 Å². The molecule has 0 saturated heterocycles. The van der Waals surface area contributed by atoms with Crippen molar-refractivity contribution in [2.45, 2.75) is 32.2 Å². The fraction of sp³-hybridized carbons (Fsp3) is 0.429. The molecule has 2 rings (SSSR count). The van der Waals surface area contributed by atoms with Gasteiger partial charge in [-0.15, -0.1) is 0 Å². The van der Waals surface area contributed by atoms with E-state index in [1.165, 1.54) is 0 Å². The van der Waals surface area contributed by atoms with E-state index in [1.54, 1.807) is 7.11 Å². The summed E-state index contributed by atoms with van der Waals surface area (Å²) in [6.45, 7) is 3.86. The largest absolute Gasteiger partial charge is 0.497 e. The molecular formula is C14H19N3O2. The van der Waals surface area contributed by atoms with E-state index in [2.05, 4.69) is 10.1 Å². The number of hydrogen-bond acceptors (Lipinski definition) is 5. The van der Waals surface area contributed by atoms with Crippen molar-refractivity contribution in [1.29, 1.82) is 0 Å². The van der Waals surface area contributed by atoms with Crippen LogP contribution in [0.2, 0.25) is 0 Å². The van der Waals surface area contributed by atoms with Crippen molar-refractivity contribution >= 4 is 0 Å². The van der Waals surface area contributed by atoms with Crippen molar-refractivity contribution < 1.29 is 9.26 Å². The molecule has 0 aliphatic rings. The Morgan fingerprint density at radius 3 is 2.84 bits per heavy atom. The van der Waals surface area contributed by atoms with Gasteiger partial charge in [0.1, 0.15) is 5.75 Å². The van der Waals surface area contributed by atoms with Gasteiger partial charge in [-0.2, -0.15) is 4.98 Å². The maximum Gasteiger partial charge on any atom is 0.228 e. The van der Waals surface area contributed by atoms with Gasteiger partial charge in [-0.05, 0) is 31.5 Å². The minimum Gasteiger partial charge on any atom is -0.497 e. The van der Waals surface area contributed by atoms with E-state index in [1.807, 2.05) is 38.1 Å². The van der Waals surface area contributed by atoms with Gasteiger partial charge in [-0.3, -0.25) is 0 Å². The Labute approximate surface area is 112 Å². The molecule has 19 heavy (non-hydrogen) atoms. The smallest absolute Gasteiger partial charge is 0.228 e. The highest BCUT2D eigenvalue weighted by Crippen LogP contribution is 2.15. The zero-order chi connectivity index (χ0) is 13.9. The predicted molar refractivity (Wildman–Crippen MR) is 72.1 cm³/mol. The molecule has 0 amide bonds. The van der Waals surface area contributed by atoms with Crippen molar-refractivity contribution in [3.05, 3.63) is 41.5 Å². The van der Waals surface area contributed by atoms with Gasteiger partial charge in [0.15, 0.2) is 5.82 Å². The molecule has 1 aromatic heterocycles. The summed E-state index contributed by atoms with van der Waals surface area (Å²) < 4.78 is 10.4. The number of benzene rings is 1. The monoisotopic (exact) mass is 261 g/mol. The maximum atomic E-state index is 5.92. The normalized spacial score (nSPS) is 11.6. The molecule has 0 bridgehead atoms. The van der Waals surface area contributed by atoms with E-state index in [0.717, 1.165) is 11.3 Å². The third-order valence-electron chi connectivity index (χ3n) is 2.61. The number of nitrogens with zero attached hydrogens (tertiary/aromatic N) is 2. The number of aromatic nitrogens is 2. The molecule has 0 aliphatic heterocycles. The fourth-order valence-corrected chi connectivity index (χ4v) is 1.79. The molecule has 0 aliphatic carbocycles. The molecule has 0 fully saturated rings. The number of rotatable bonds is 5. The Morgan fingerprint density at radius 2 is 2.16 bits per heavy atom. The quantitative estimate of drug-likeness (QED) is 0.890. The molecule has 1 aromatic carbocycles. The van der Waals surface area contributed by atoms with Gasteiger partial charge in [-0.25, -0.2) is 0 Å². The van der Waals surface area contributed by atoms with Gasteiger partial charge in [0, 0.05) is 18.4 Å². The van der Waals surface area contributed by atoms with E-state index in [-0.39, 0.29) is 5.54 Å². The Balaban J connectivity index is 2.07. The van der Waals surface area contributed by atoms with Crippen LogP contribution in [0.25, 0.3) is 0 Å². The summed E-state index contributed by atoms with van der Waals surface area (Å²) >= 11 is 0. The Hall–Kier alpha value is -1.88. The second-order valence-corrected chi connectivity index (χ2v) is 5.30. The molecule has 0 saturated carbocycles. The average Bonchev–Trinajstić information content (AvgIpc) is 2.74. The Morgan fingerprint density at radius 1 is 1.37 bits per heavy atom. The van der Waals surface area contributed by atoms with Gasteiger partial charge in [0.05, 0.1) is 7.11 Å². The lowest BCUT2D eigenvalue weighted by Crippen LogP contribution is -2.34. The first-order chi connectivity index (χ1) is 8.96. The van der Waals surface area contributed by atoms with Gasteiger partial charge in [0.25, 0.3) is 0 Å². The first-order valence-corrected chi connectivity index (χ1v) is 6.19. The minimum absolute atomic E-state index is 0.347. The van der Waals surface area contributed by atoms with Crippen LogP contribution in [0.15, 0.2) is 28.8 Å². The molecule has 5 nitrogen and oxygen atoms in total. The van der Waals surface area contributed by atoms with E-state index < -0.39 is 0 Å². The molecule has 0 unspecified atom stereocenters. The van der Waals surface area contributed by atoms with Crippen LogP contribution in [0.3, 0.4) is 0 Å². The van der Waals surface area contributed by atoms with Crippen LogP contribution in [0, 0.1) is 0 Å². The number of hydrogen-bond donors (Lipinski definition) is 1. The van der Waals surface area contributed by atoms with Crippen LogP contribution in [0.4, 0.5) is 0 Å². The third-order valence-corrected chi connectivity index (χ3v) is 2.61. The van der Waals surface area contributed by atoms with Crippen molar-refractivity contribution in [2.24, 2.45) is 5.73 Å². The van der Waals surface area contributed by atoms with Gasteiger partial charge in [-0.1, -0.05) is 17.3 Å². The summed E-state index contributed by atoms with van der Waals surface area (Å²) in [7, 11) is 1.65. The molecular weight excluding hydrogens is 242 g/mol. The van der Waals surface area contributed by atoms with E-state index in [4.69, 9.17) is 15.0 Å². The molecule has 0 radical (unpaired) electrons. The standard InChI is InChI=1S/C14H19N3O2/c1-14(2,15)9-13-16-12(17-19-13)8-10-5-4-6-11(7-10)18-3/h4-7H,8-9,15H2,1-3H3. The van der Waals surface area contributed by atoms with Crippen molar-refractivity contribution in [1.82, 2.24) is 10.1 Å². The van der Waals surface area contributed by atoms with Gasteiger partial charge >= 0.3 is 0 Å². The predicted octanol–water partition coefficient (Wildman–Crippen LogP) is 1.95. The zero-order valence-electron chi connectivity index (χ0n) is 11.5. The first-order valence-electron chi connectivity index (χ1n) is 6.19. The van der Waals surface area contributed by atoms with Crippen LogP contribution in [-0.2, 0) is 12.8 Å². The lowest BCUT2D eigenvalue weighted by atomic mass is 10.0. The molecule has 0 atom stereocenters. The summed E-state index contributed by atoms with van der Waals surface area (Å²) in [5.74, 6) is 2.06. The zero-order valence-corrected chi connectivity index (χ0v) is 11.5. The van der Waals surface area contributed by atoms with Crippen LogP contribution >= 0.6 is 0 Å². The summed E-state index contributed by atoms with van der Waals surface area (Å²) in [5, 5.41) is 3.97. The third kappa shape index (κ3) is 4.06. The first kappa shape index (κ1) is 13.5. The number of ether oxygens (including phenoxy) is 1. The highest BCUT2D eigenvalue weighted by Gasteiger charge is 2.17. The molecule has 102 valence electrons. The summed E-state index contributed by atoms with van der Waals surface area (Å²) in [6.07, 6.45) is 1.18. The van der Waals surface area contributed by atoms with Crippen molar-refractivity contribution in [2.75, 3.05) is 7.11 Å². The van der Waals surface area contributed by atoms with Gasteiger partial charge in [0.2, 0.25) is 5.89 Å². The van der Waals surface area contributed by atoms with Crippen LogP contribution in [-0.4, -0.2) is 22.8 Å². The molecule has 5 heteroatoms. The number of methoxy groups -OCH3 is 1. The summed E-state index contributed by atoms with van der Waals surface area (Å²) in [4.78, 5) is 4.35. The molecule has 2 aromatic rings. The highest BCUT2D eigenvalue weighted by atomic mass is 16.5. The van der Waals surface area contributed by atoms with Crippen LogP contribution in [0.5, 0.6) is 5.75 Å². The fourth-order valence-electron chi connectivity index (χ4n) is 1.79. The second-order valence-electron chi connectivity index (χ2n) is 5.30. The molecule has 2 N–H and O–H groups in total. The lowest BCUT2D eigenvalue weighted by molar-refractivity contribution is 0.345. The molecule has 0 spiro atoms. The highest BCUT2D eigenvalue weighted by molar-refractivity contribution is 5.30. The Bertz CT molecular complexity index is 544. The Kier molecular flexibility index (Phi) is 3.85. The summed E-state index contributed by atoms with van der Waals surface area (Å²) in [6, 6.07) is 7.81. The van der Waals surface area contributed by atoms with Crippen LogP contribution < -0.4 is 10.5 Å². The minimum atomic E-state index is -0.347. The van der Waals surface area contributed by atoms with Crippen molar-refractivity contribution in [3.8, 4) is 5.75 Å². The second kappa shape index (κ2) is 5.40. The van der Waals surface area contributed by atoms with Crippen LogP contribution in [0.1, 0.15) is 31.1 Å². The average molecular weight is 261 g/mol. The maximum absolute atomic E-state index is 5.92. The van der Waals surface area contributed by atoms with Crippen molar-refractivity contribution in [3.63, 3.8) is 0 Å². The lowest BCUT2D eigenvalue weighted by Gasteiger charge is -2.14. The van der Waals surface area contributed by atoms with E-state index in [0.29, 0.717) is 24.6 Å². The molecule has 1 heterocycles.